The van der Waals surface area contributed by atoms with Crippen LogP contribution in [0.25, 0.3) is 0 Å². The Morgan fingerprint density at radius 3 is 2.61 bits per heavy atom. The van der Waals surface area contributed by atoms with Gasteiger partial charge in [-0.15, -0.1) is 11.3 Å². The van der Waals surface area contributed by atoms with E-state index < -0.39 is 0 Å². The lowest BCUT2D eigenvalue weighted by atomic mass is 10.2. The van der Waals surface area contributed by atoms with Gasteiger partial charge < -0.3 is 10.4 Å². The first kappa shape index (κ1) is 12.9. The van der Waals surface area contributed by atoms with Crippen LogP contribution in [0.3, 0.4) is 0 Å². The minimum atomic E-state index is -0.263. The van der Waals surface area contributed by atoms with Crippen molar-refractivity contribution in [3.05, 3.63) is 50.7 Å². The first-order valence-electron chi connectivity index (χ1n) is 5.38. The molecule has 0 fully saturated rings. The molecule has 1 aromatic carbocycles. The van der Waals surface area contributed by atoms with Gasteiger partial charge in [0.05, 0.1) is 0 Å². The fraction of sp³-hybridized carbons (Fsp3) is 0.154. The second kappa shape index (κ2) is 5.42. The van der Waals surface area contributed by atoms with Gasteiger partial charge in [0, 0.05) is 16.4 Å². The van der Waals surface area contributed by atoms with Crippen LogP contribution in [0.5, 0.6) is 5.75 Å². The zero-order valence-corrected chi connectivity index (χ0v) is 11.3. The molecule has 0 bridgehead atoms. The van der Waals surface area contributed by atoms with Gasteiger partial charge in [0.2, 0.25) is 0 Å². The van der Waals surface area contributed by atoms with E-state index in [4.69, 9.17) is 11.6 Å². The van der Waals surface area contributed by atoms with Crippen LogP contribution in [0.15, 0.2) is 30.3 Å². The Kier molecular flexibility index (Phi) is 3.89. The average molecular weight is 282 g/mol. The molecule has 2 N–H and O–H groups in total. The number of carbonyl (C=O) groups is 1. The molecule has 0 atom stereocenters. The van der Waals surface area contributed by atoms with E-state index in [1.807, 2.05) is 19.1 Å². The summed E-state index contributed by atoms with van der Waals surface area (Å²) in [4.78, 5) is 13.1. The summed E-state index contributed by atoms with van der Waals surface area (Å²) in [6.07, 6.45) is 0. The predicted octanol–water partition coefficient (Wildman–Crippen LogP) is 3.35. The minimum Gasteiger partial charge on any atom is -0.506 e. The van der Waals surface area contributed by atoms with Crippen molar-refractivity contribution in [2.45, 2.75) is 13.5 Å². The molecule has 1 heterocycles. The summed E-state index contributed by atoms with van der Waals surface area (Å²) in [7, 11) is 0. The van der Waals surface area contributed by atoms with E-state index in [1.165, 1.54) is 11.3 Å². The van der Waals surface area contributed by atoms with E-state index in [9.17, 15) is 9.90 Å². The standard InChI is InChI=1S/C13H12ClNO2S/c1-8-6-11(16)12(18-8)13(17)15-7-9-2-4-10(14)5-3-9/h2-6,16H,7H2,1H3,(H,15,17). The molecule has 94 valence electrons. The molecule has 0 unspecified atom stereocenters. The number of halogens is 1. The van der Waals surface area contributed by atoms with Crippen molar-refractivity contribution in [3.8, 4) is 5.75 Å². The summed E-state index contributed by atoms with van der Waals surface area (Å²) < 4.78 is 0. The fourth-order valence-corrected chi connectivity index (χ4v) is 2.48. The molecule has 0 saturated heterocycles. The zero-order chi connectivity index (χ0) is 13.1. The lowest BCUT2D eigenvalue weighted by Crippen LogP contribution is -2.21. The molecule has 0 aliphatic rings. The van der Waals surface area contributed by atoms with Crippen molar-refractivity contribution >= 4 is 28.8 Å². The van der Waals surface area contributed by atoms with E-state index in [0.717, 1.165) is 10.4 Å². The lowest BCUT2D eigenvalue weighted by Gasteiger charge is -2.04. The average Bonchev–Trinajstić information content (AvgIpc) is 2.67. The molecule has 0 aliphatic carbocycles. The van der Waals surface area contributed by atoms with E-state index in [0.29, 0.717) is 16.4 Å². The van der Waals surface area contributed by atoms with E-state index in [-0.39, 0.29) is 11.7 Å². The van der Waals surface area contributed by atoms with Crippen molar-refractivity contribution in [2.75, 3.05) is 0 Å². The molecular formula is C13H12ClNO2S. The third-order valence-corrected chi connectivity index (χ3v) is 3.70. The number of thiophene rings is 1. The number of rotatable bonds is 3. The Balaban J connectivity index is 2.00. The Bertz CT molecular complexity index is 563. The number of aryl methyl sites for hydroxylation is 1. The van der Waals surface area contributed by atoms with Gasteiger partial charge in [-0.1, -0.05) is 23.7 Å². The summed E-state index contributed by atoms with van der Waals surface area (Å²) >= 11 is 7.05. The third kappa shape index (κ3) is 3.03. The first-order valence-corrected chi connectivity index (χ1v) is 6.58. The predicted molar refractivity (Wildman–Crippen MR) is 73.3 cm³/mol. The number of hydrogen-bond donors (Lipinski definition) is 2. The number of nitrogens with one attached hydrogen (secondary N) is 1. The second-order valence-corrected chi connectivity index (χ2v) is 5.57. The lowest BCUT2D eigenvalue weighted by molar-refractivity contribution is 0.0952. The summed E-state index contributed by atoms with van der Waals surface area (Å²) in [5, 5.41) is 13.0. The van der Waals surface area contributed by atoms with Crippen molar-refractivity contribution in [1.29, 1.82) is 0 Å². The Labute approximate surface area is 114 Å². The third-order valence-electron chi connectivity index (χ3n) is 2.41. The number of hydrogen-bond acceptors (Lipinski definition) is 3. The van der Waals surface area contributed by atoms with Crippen molar-refractivity contribution in [3.63, 3.8) is 0 Å². The maximum absolute atomic E-state index is 11.8. The molecule has 3 nitrogen and oxygen atoms in total. The van der Waals surface area contributed by atoms with Crippen molar-refractivity contribution in [2.24, 2.45) is 0 Å². The highest BCUT2D eigenvalue weighted by atomic mass is 35.5. The first-order chi connectivity index (χ1) is 8.56. The van der Waals surface area contributed by atoms with Gasteiger partial charge in [0.25, 0.3) is 5.91 Å². The number of benzene rings is 1. The van der Waals surface area contributed by atoms with E-state index >= 15 is 0 Å². The van der Waals surface area contributed by atoms with Crippen LogP contribution in [-0.2, 0) is 6.54 Å². The fourth-order valence-electron chi connectivity index (χ4n) is 1.53. The summed E-state index contributed by atoms with van der Waals surface area (Å²) in [5.74, 6) is -0.230. The topological polar surface area (TPSA) is 49.3 Å². The molecule has 0 aliphatic heterocycles. The second-order valence-electron chi connectivity index (χ2n) is 3.88. The largest absolute Gasteiger partial charge is 0.506 e. The smallest absolute Gasteiger partial charge is 0.265 e. The minimum absolute atomic E-state index is 0.0334. The molecule has 1 amide bonds. The van der Waals surface area contributed by atoms with Crippen LogP contribution in [0.4, 0.5) is 0 Å². The molecule has 0 radical (unpaired) electrons. The Morgan fingerprint density at radius 1 is 1.39 bits per heavy atom. The van der Waals surface area contributed by atoms with Crippen LogP contribution in [0.2, 0.25) is 5.02 Å². The molecular weight excluding hydrogens is 270 g/mol. The monoisotopic (exact) mass is 281 g/mol. The van der Waals surface area contributed by atoms with E-state index in [1.54, 1.807) is 18.2 Å². The number of aromatic hydroxyl groups is 1. The zero-order valence-electron chi connectivity index (χ0n) is 9.74. The SMILES string of the molecule is Cc1cc(O)c(C(=O)NCc2ccc(Cl)cc2)s1. The quantitative estimate of drug-likeness (QED) is 0.906. The maximum atomic E-state index is 11.8. The van der Waals surface area contributed by atoms with Gasteiger partial charge in [0.1, 0.15) is 10.6 Å². The van der Waals surface area contributed by atoms with Gasteiger partial charge in [-0.25, -0.2) is 0 Å². The highest BCUT2D eigenvalue weighted by Gasteiger charge is 2.13. The highest BCUT2D eigenvalue weighted by molar-refractivity contribution is 7.14. The number of carbonyl (C=O) groups excluding carboxylic acids is 1. The van der Waals surface area contributed by atoms with E-state index in [2.05, 4.69) is 5.32 Å². The normalized spacial score (nSPS) is 10.3. The van der Waals surface area contributed by atoms with Crippen LogP contribution >= 0.6 is 22.9 Å². The maximum Gasteiger partial charge on any atom is 0.265 e. The molecule has 2 rings (SSSR count). The van der Waals surface area contributed by atoms with Crippen molar-refractivity contribution in [1.82, 2.24) is 5.32 Å². The summed E-state index contributed by atoms with van der Waals surface area (Å²) in [6.45, 7) is 2.26. The molecule has 0 spiro atoms. The van der Waals surface area contributed by atoms with Gasteiger partial charge in [-0.05, 0) is 30.7 Å². The number of amides is 1. The van der Waals surface area contributed by atoms with Gasteiger partial charge in [-0.3, -0.25) is 4.79 Å². The van der Waals surface area contributed by atoms with Crippen LogP contribution in [0, 0.1) is 6.92 Å². The van der Waals surface area contributed by atoms with Crippen LogP contribution < -0.4 is 5.32 Å². The summed E-state index contributed by atoms with van der Waals surface area (Å²) in [5.41, 5.74) is 0.959. The van der Waals surface area contributed by atoms with Gasteiger partial charge in [0.15, 0.2) is 0 Å². The molecule has 5 heteroatoms. The van der Waals surface area contributed by atoms with Gasteiger partial charge in [-0.2, -0.15) is 0 Å². The Hall–Kier alpha value is -1.52. The Morgan fingerprint density at radius 2 is 2.06 bits per heavy atom. The highest BCUT2D eigenvalue weighted by Crippen LogP contribution is 2.27. The van der Waals surface area contributed by atoms with Gasteiger partial charge >= 0.3 is 0 Å². The molecule has 0 saturated carbocycles. The molecule has 2 aromatic rings. The summed E-state index contributed by atoms with van der Waals surface area (Å²) in [6, 6.07) is 8.83. The molecule has 1 aromatic heterocycles. The van der Waals surface area contributed by atoms with Crippen LogP contribution in [-0.4, -0.2) is 11.0 Å². The van der Waals surface area contributed by atoms with Crippen LogP contribution in [0.1, 0.15) is 20.1 Å². The van der Waals surface area contributed by atoms with Crippen molar-refractivity contribution < 1.29 is 9.90 Å². The molecule has 18 heavy (non-hydrogen) atoms.